The summed E-state index contributed by atoms with van der Waals surface area (Å²) in [5.41, 5.74) is 3.02. The maximum atomic E-state index is 13.1. The fourth-order valence-electron chi connectivity index (χ4n) is 4.05. The normalized spacial score (nSPS) is 16.7. The van der Waals surface area contributed by atoms with E-state index in [0.29, 0.717) is 6.54 Å². The summed E-state index contributed by atoms with van der Waals surface area (Å²) < 4.78 is 1.83. The van der Waals surface area contributed by atoms with Gasteiger partial charge in [-0.3, -0.25) is 9.48 Å². The van der Waals surface area contributed by atoms with Crippen molar-refractivity contribution in [2.24, 2.45) is 0 Å². The Kier molecular flexibility index (Phi) is 4.51. The van der Waals surface area contributed by atoms with E-state index in [4.69, 9.17) is 0 Å². The third-order valence-electron chi connectivity index (χ3n) is 5.48. The van der Waals surface area contributed by atoms with E-state index in [-0.39, 0.29) is 5.91 Å². The van der Waals surface area contributed by atoms with E-state index >= 15 is 0 Å². The molecule has 0 radical (unpaired) electrons. The van der Waals surface area contributed by atoms with Crippen LogP contribution in [0.2, 0.25) is 0 Å². The van der Waals surface area contributed by atoms with E-state index in [1.807, 2.05) is 23.0 Å². The SMILES string of the molecule is Cc1[nH]c2ccccc2c1CCNC(=O)C1(n2cccn2)CCNCC1. The molecule has 1 amide bonds. The largest absolute Gasteiger partial charge is 0.358 e. The molecular formula is C20H25N5O. The number of nitrogens with zero attached hydrogens (tertiary/aromatic N) is 2. The number of carbonyl (C=O) groups is 1. The van der Waals surface area contributed by atoms with E-state index in [2.05, 4.69) is 45.8 Å². The van der Waals surface area contributed by atoms with Crippen molar-refractivity contribution in [2.45, 2.75) is 31.7 Å². The van der Waals surface area contributed by atoms with Crippen LogP contribution in [0.5, 0.6) is 0 Å². The number of aromatic amines is 1. The maximum absolute atomic E-state index is 13.1. The zero-order chi connectivity index (χ0) is 18.0. The second kappa shape index (κ2) is 6.96. The standard InChI is InChI=1S/C20H25N5O/c1-15-16(17-5-2-3-6-18(17)24-15)7-11-22-19(26)20(8-12-21-13-9-20)25-14-4-10-23-25/h2-6,10,14,21,24H,7-9,11-13H2,1H3,(H,22,26). The van der Waals surface area contributed by atoms with E-state index in [1.165, 1.54) is 16.6 Å². The Morgan fingerprint density at radius 1 is 1.27 bits per heavy atom. The van der Waals surface area contributed by atoms with Crippen molar-refractivity contribution >= 4 is 16.8 Å². The van der Waals surface area contributed by atoms with Crippen LogP contribution in [0.1, 0.15) is 24.1 Å². The Labute approximate surface area is 153 Å². The number of amides is 1. The molecule has 26 heavy (non-hydrogen) atoms. The quantitative estimate of drug-likeness (QED) is 0.659. The van der Waals surface area contributed by atoms with E-state index in [0.717, 1.165) is 37.9 Å². The van der Waals surface area contributed by atoms with Gasteiger partial charge in [0.05, 0.1) is 0 Å². The second-order valence-electron chi connectivity index (χ2n) is 7.01. The predicted octanol–water partition coefficient (Wildman–Crippen LogP) is 2.11. The molecule has 0 unspecified atom stereocenters. The zero-order valence-electron chi connectivity index (χ0n) is 15.1. The minimum Gasteiger partial charge on any atom is -0.358 e. The molecular weight excluding hydrogens is 326 g/mol. The van der Waals surface area contributed by atoms with Gasteiger partial charge in [0.15, 0.2) is 0 Å². The molecule has 6 heteroatoms. The number of benzene rings is 1. The molecule has 3 N–H and O–H groups in total. The highest BCUT2D eigenvalue weighted by molar-refractivity contribution is 5.86. The molecule has 4 rings (SSSR count). The van der Waals surface area contributed by atoms with Gasteiger partial charge in [0.25, 0.3) is 0 Å². The molecule has 2 aromatic heterocycles. The fraction of sp³-hybridized carbons (Fsp3) is 0.400. The third kappa shape index (κ3) is 2.90. The Hall–Kier alpha value is -2.60. The van der Waals surface area contributed by atoms with Crippen molar-refractivity contribution in [1.82, 2.24) is 25.4 Å². The Balaban J connectivity index is 1.48. The summed E-state index contributed by atoms with van der Waals surface area (Å²) in [5, 5.41) is 12.1. The monoisotopic (exact) mass is 351 g/mol. The molecule has 0 aliphatic carbocycles. The molecule has 1 aliphatic heterocycles. The molecule has 0 bridgehead atoms. The van der Waals surface area contributed by atoms with Gasteiger partial charge in [-0.2, -0.15) is 5.10 Å². The predicted molar refractivity (Wildman–Crippen MR) is 102 cm³/mol. The van der Waals surface area contributed by atoms with Gasteiger partial charge in [0, 0.05) is 35.5 Å². The topological polar surface area (TPSA) is 74.7 Å². The number of aromatic nitrogens is 3. The first kappa shape index (κ1) is 16.8. The molecule has 0 atom stereocenters. The first-order valence-corrected chi connectivity index (χ1v) is 9.26. The molecule has 6 nitrogen and oxygen atoms in total. The van der Waals surface area contributed by atoms with Gasteiger partial charge < -0.3 is 15.6 Å². The van der Waals surface area contributed by atoms with Gasteiger partial charge in [-0.1, -0.05) is 18.2 Å². The average molecular weight is 351 g/mol. The van der Waals surface area contributed by atoms with Crippen LogP contribution in [0, 0.1) is 6.92 Å². The van der Waals surface area contributed by atoms with Crippen LogP contribution < -0.4 is 10.6 Å². The Morgan fingerprint density at radius 2 is 2.08 bits per heavy atom. The number of para-hydroxylation sites is 1. The van der Waals surface area contributed by atoms with Crippen molar-refractivity contribution in [1.29, 1.82) is 0 Å². The lowest BCUT2D eigenvalue weighted by Gasteiger charge is -2.36. The van der Waals surface area contributed by atoms with Crippen LogP contribution in [-0.2, 0) is 16.8 Å². The zero-order valence-corrected chi connectivity index (χ0v) is 15.1. The fourth-order valence-corrected chi connectivity index (χ4v) is 4.05. The Bertz CT molecular complexity index is 890. The van der Waals surface area contributed by atoms with Crippen molar-refractivity contribution < 1.29 is 4.79 Å². The number of H-pyrrole nitrogens is 1. The van der Waals surface area contributed by atoms with Gasteiger partial charge in [0.1, 0.15) is 5.54 Å². The summed E-state index contributed by atoms with van der Waals surface area (Å²) in [6.45, 7) is 4.37. The highest BCUT2D eigenvalue weighted by Crippen LogP contribution is 2.27. The number of rotatable bonds is 5. The number of carbonyl (C=O) groups excluding carboxylic acids is 1. The average Bonchev–Trinajstić information content (AvgIpc) is 3.31. The third-order valence-corrected chi connectivity index (χ3v) is 5.48. The van der Waals surface area contributed by atoms with Gasteiger partial charge in [-0.25, -0.2) is 0 Å². The summed E-state index contributed by atoms with van der Waals surface area (Å²) in [6.07, 6.45) is 5.97. The summed E-state index contributed by atoms with van der Waals surface area (Å²) >= 11 is 0. The van der Waals surface area contributed by atoms with Gasteiger partial charge in [-0.05, 0) is 57.0 Å². The molecule has 0 spiro atoms. The van der Waals surface area contributed by atoms with Crippen LogP contribution in [0.25, 0.3) is 10.9 Å². The van der Waals surface area contributed by atoms with Crippen LogP contribution in [0.3, 0.4) is 0 Å². The van der Waals surface area contributed by atoms with Crippen molar-refractivity contribution in [2.75, 3.05) is 19.6 Å². The van der Waals surface area contributed by atoms with Crippen LogP contribution in [0.4, 0.5) is 0 Å². The van der Waals surface area contributed by atoms with Crippen LogP contribution in [-0.4, -0.2) is 40.3 Å². The molecule has 3 aromatic rings. The molecule has 1 fully saturated rings. The minimum absolute atomic E-state index is 0.0696. The highest BCUT2D eigenvalue weighted by atomic mass is 16.2. The molecule has 0 saturated carbocycles. The van der Waals surface area contributed by atoms with E-state index in [9.17, 15) is 4.79 Å². The van der Waals surface area contributed by atoms with E-state index in [1.54, 1.807) is 6.20 Å². The summed E-state index contributed by atoms with van der Waals surface area (Å²) in [4.78, 5) is 16.5. The number of hydrogen-bond acceptors (Lipinski definition) is 3. The number of nitrogens with one attached hydrogen (secondary N) is 3. The lowest BCUT2D eigenvalue weighted by Crippen LogP contribution is -2.54. The van der Waals surface area contributed by atoms with E-state index < -0.39 is 5.54 Å². The number of aryl methyl sites for hydroxylation is 1. The summed E-state index contributed by atoms with van der Waals surface area (Å²) in [7, 11) is 0. The molecule has 136 valence electrons. The second-order valence-corrected chi connectivity index (χ2v) is 7.01. The van der Waals surface area contributed by atoms with Gasteiger partial charge >= 0.3 is 0 Å². The summed E-state index contributed by atoms with van der Waals surface area (Å²) in [5.74, 6) is 0.0696. The Morgan fingerprint density at radius 3 is 2.85 bits per heavy atom. The minimum atomic E-state index is -0.579. The molecule has 1 aliphatic rings. The molecule has 3 heterocycles. The first-order valence-electron chi connectivity index (χ1n) is 9.26. The van der Waals surface area contributed by atoms with Crippen LogP contribution in [0.15, 0.2) is 42.7 Å². The molecule has 1 aromatic carbocycles. The van der Waals surface area contributed by atoms with Crippen LogP contribution >= 0.6 is 0 Å². The lowest BCUT2D eigenvalue weighted by molar-refractivity contribution is -0.131. The van der Waals surface area contributed by atoms with Crippen molar-refractivity contribution in [3.63, 3.8) is 0 Å². The smallest absolute Gasteiger partial charge is 0.248 e. The maximum Gasteiger partial charge on any atom is 0.248 e. The summed E-state index contributed by atoms with van der Waals surface area (Å²) in [6, 6.07) is 10.2. The lowest BCUT2D eigenvalue weighted by atomic mass is 9.87. The number of piperidine rings is 1. The van der Waals surface area contributed by atoms with Gasteiger partial charge in [0.2, 0.25) is 5.91 Å². The van der Waals surface area contributed by atoms with Crippen molar-refractivity contribution in [3.05, 3.63) is 54.0 Å². The number of hydrogen-bond donors (Lipinski definition) is 3. The number of fused-ring (bicyclic) bond motifs is 1. The molecule has 1 saturated heterocycles. The van der Waals surface area contributed by atoms with Crippen molar-refractivity contribution in [3.8, 4) is 0 Å². The first-order chi connectivity index (χ1) is 12.7. The van der Waals surface area contributed by atoms with Gasteiger partial charge in [-0.15, -0.1) is 0 Å². The highest BCUT2D eigenvalue weighted by Gasteiger charge is 2.41.